The van der Waals surface area contributed by atoms with Gasteiger partial charge in [0.25, 0.3) is 0 Å². The molecule has 1 aromatic rings. The summed E-state index contributed by atoms with van der Waals surface area (Å²) in [5.41, 5.74) is 11.9. The number of hydrogen-bond donors (Lipinski definition) is 2. The van der Waals surface area contributed by atoms with E-state index in [2.05, 4.69) is 29.3 Å². The van der Waals surface area contributed by atoms with E-state index >= 15 is 0 Å². The third-order valence-corrected chi connectivity index (χ3v) is 7.75. The second kappa shape index (κ2) is 6.28. The molecule has 0 saturated heterocycles. The van der Waals surface area contributed by atoms with E-state index in [9.17, 15) is 0 Å². The van der Waals surface area contributed by atoms with E-state index in [4.69, 9.17) is 11.5 Å². The summed E-state index contributed by atoms with van der Waals surface area (Å²) in [5, 5.41) is 0. The number of guanidine groups is 1. The summed E-state index contributed by atoms with van der Waals surface area (Å²) in [7, 11) is 0. The number of hydrogen-bond acceptors (Lipinski definition) is 1. The average Bonchev–Trinajstić information content (AvgIpc) is 2.80. The third-order valence-electron chi connectivity index (χ3n) is 3.10. The molecular weight excluding hydrogens is 317 g/mol. The maximum atomic E-state index is 5.35. The Morgan fingerprint density at radius 2 is 2.06 bits per heavy atom. The summed E-state index contributed by atoms with van der Waals surface area (Å²) in [6.07, 6.45) is 5.81. The molecule has 1 aliphatic rings. The van der Waals surface area contributed by atoms with Crippen molar-refractivity contribution < 1.29 is 0 Å². The van der Waals surface area contributed by atoms with Gasteiger partial charge < -0.3 is 0 Å². The van der Waals surface area contributed by atoms with Crippen molar-refractivity contribution >= 4 is 30.7 Å². The molecule has 0 aliphatic heterocycles. The van der Waals surface area contributed by atoms with Crippen molar-refractivity contribution in [3.63, 3.8) is 0 Å². The molecule has 4 N–H and O–H groups in total. The van der Waals surface area contributed by atoms with Crippen molar-refractivity contribution in [3.05, 3.63) is 29.8 Å². The molecular formula is C13H19N3Sn. The molecule has 0 bridgehead atoms. The fourth-order valence-electron chi connectivity index (χ4n) is 2.25. The van der Waals surface area contributed by atoms with Crippen molar-refractivity contribution in [2.45, 2.75) is 36.2 Å². The fraction of sp³-hybridized carbons (Fsp3) is 0.462. The van der Waals surface area contributed by atoms with Gasteiger partial charge in [0.1, 0.15) is 0 Å². The topological polar surface area (TPSA) is 64.4 Å². The molecule has 4 heteroatoms. The Bertz CT molecular complexity index is 393. The molecule has 0 unspecified atom stereocenters. The molecule has 1 aliphatic carbocycles. The minimum atomic E-state index is -0.397. The summed E-state index contributed by atoms with van der Waals surface area (Å²) in [6, 6.07) is 8.83. The first-order valence-electron chi connectivity index (χ1n) is 6.15. The van der Waals surface area contributed by atoms with Crippen LogP contribution in [-0.4, -0.2) is 27.1 Å². The summed E-state index contributed by atoms with van der Waals surface area (Å²) in [6.45, 7) is 0.611. The van der Waals surface area contributed by atoms with Crippen molar-refractivity contribution in [2.75, 3.05) is 0 Å². The molecule has 2 radical (unpaired) electrons. The van der Waals surface area contributed by atoms with Crippen LogP contribution in [-0.2, 0) is 6.54 Å². The van der Waals surface area contributed by atoms with E-state index in [0.717, 1.165) is 3.93 Å². The molecule has 0 heterocycles. The van der Waals surface area contributed by atoms with E-state index in [1.54, 1.807) is 3.58 Å². The Morgan fingerprint density at radius 3 is 2.76 bits per heavy atom. The second-order valence-corrected chi connectivity index (χ2v) is 9.37. The van der Waals surface area contributed by atoms with Gasteiger partial charge in [0.05, 0.1) is 0 Å². The summed E-state index contributed by atoms with van der Waals surface area (Å²) in [5.74, 6) is 0.172. The molecule has 0 aromatic heterocycles. The average molecular weight is 336 g/mol. The van der Waals surface area contributed by atoms with Gasteiger partial charge in [-0.05, 0) is 0 Å². The Balaban J connectivity index is 1.98. The Labute approximate surface area is 113 Å². The van der Waals surface area contributed by atoms with Crippen molar-refractivity contribution in [2.24, 2.45) is 16.5 Å². The van der Waals surface area contributed by atoms with Crippen LogP contribution in [0.5, 0.6) is 0 Å². The maximum absolute atomic E-state index is 5.35. The fourth-order valence-corrected chi connectivity index (χ4v) is 6.90. The van der Waals surface area contributed by atoms with Crippen LogP contribution in [0.25, 0.3) is 0 Å². The first-order chi connectivity index (χ1) is 8.24. The molecule has 0 atom stereocenters. The van der Waals surface area contributed by atoms with Crippen LogP contribution in [0.4, 0.5) is 0 Å². The van der Waals surface area contributed by atoms with Crippen LogP contribution < -0.4 is 15.0 Å². The van der Waals surface area contributed by atoms with Gasteiger partial charge in [0, 0.05) is 0 Å². The van der Waals surface area contributed by atoms with E-state index in [1.807, 2.05) is 0 Å². The predicted octanol–water partition coefficient (Wildman–Crippen LogP) is 1.15. The van der Waals surface area contributed by atoms with Gasteiger partial charge in [-0.2, -0.15) is 0 Å². The molecule has 0 amide bonds. The molecule has 3 nitrogen and oxygen atoms in total. The van der Waals surface area contributed by atoms with Gasteiger partial charge in [-0.25, -0.2) is 0 Å². The van der Waals surface area contributed by atoms with Crippen LogP contribution in [0.3, 0.4) is 0 Å². The van der Waals surface area contributed by atoms with Crippen LogP contribution in [0.2, 0.25) is 3.93 Å². The van der Waals surface area contributed by atoms with Gasteiger partial charge in [-0.1, -0.05) is 0 Å². The number of nitrogens with zero attached hydrogens (tertiary/aromatic N) is 1. The van der Waals surface area contributed by atoms with Gasteiger partial charge in [0.15, 0.2) is 0 Å². The molecule has 2 rings (SSSR count). The zero-order valence-corrected chi connectivity index (χ0v) is 12.9. The van der Waals surface area contributed by atoms with Gasteiger partial charge in [-0.15, -0.1) is 0 Å². The number of nitrogens with two attached hydrogens (primary N) is 2. The molecule has 1 aromatic carbocycles. The molecule has 17 heavy (non-hydrogen) atoms. The first-order valence-corrected chi connectivity index (χ1v) is 9.22. The quantitative estimate of drug-likeness (QED) is 0.492. The minimum absolute atomic E-state index is 0.172. The molecule has 90 valence electrons. The molecule has 1 saturated carbocycles. The zero-order chi connectivity index (χ0) is 12.1. The predicted molar refractivity (Wildman–Crippen MR) is 73.6 cm³/mol. The van der Waals surface area contributed by atoms with Gasteiger partial charge >= 0.3 is 113 Å². The summed E-state index contributed by atoms with van der Waals surface area (Å²) in [4.78, 5) is 4.06. The van der Waals surface area contributed by atoms with Crippen LogP contribution in [0, 0.1) is 0 Å². The molecule has 0 spiro atoms. The molecule has 1 fully saturated rings. The standard InChI is InChI=1S/C8H10N3.C5H9.Sn/c9-8(10)11-6-7-4-2-1-3-5-7;1-2-4-5-3-1;/h1-2,4-5H,6H2,(H4,9,10,11);1H,2-5H2;. The van der Waals surface area contributed by atoms with E-state index in [0.29, 0.717) is 6.54 Å². The van der Waals surface area contributed by atoms with Gasteiger partial charge in [-0.3, -0.25) is 0 Å². The summed E-state index contributed by atoms with van der Waals surface area (Å²) >= 11 is -0.397. The van der Waals surface area contributed by atoms with Crippen molar-refractivity contribution in [1.82, 2.24) is 0 Å². The van der Waals surface area contributed by atoms with E-state index < -0.39 is 21.1 Å². The Kier molecular flexibility index (Phi) is 4.71. The monoisotopic (exact) mass is 337 g/mol. The third kappa shape index (κ3) is 4.22. The van der Waals surface area contributed by atoms with Crippen molar-refractivity contribution in [3.8, 4) is 0 Å². The SMILES string of the molecule is NC(N)=NCc1ccc[c]([Sn][CH]2CCCC2)c1. The number of rotatable bonds is 4. The van der Waals surface area contributed by atoms with E-state index in [1.165, 1.54) is 31.2 Å². The van der Waals surface area contributed by atoms with Crippen LogP contribution in [0.1, 0.15) is 31.2 Å². The zero-order valence-electron chi connectivity index (χ0n) is 10.0. The van der Waals surface area contributed by atoms with Crippen molar-refractivity contribution in [1.29, 1.82) is 0 Å². The number of benzene rings is 1. The summed E-state index contributed by atoms with van der Waals surface area (Å²) < 4.78 is 2.64. The van der Waals surface area contributed by atoms with Gasteiger partial charge in [0.2, 0.25) is 0 Å². The van der Waals surface area contributed by atoms with Crippen LogP contribution in [0.15, 0.2) is 29.3 Å². The first kappa shape index (κ1) is 12.7. The Hall–Kier alpha value is -0.711. The van der Waals surface area contributed by atoms with Crippen LogP contribution >= 0.6 is 0 Å². The van der Waals surface area contributed by atoms with E-state index in [-0.39, 0.29) is 5.96 Å². The normalized spacial score (nSPS) is 16.0. The second-order valence-electron chi connectivity index (χ2n) is 4.57. The Morgan fingerprint density at radius 1 is 1.29 bits per heavy atom. The number of aliphatic imine (C=N–C) groups is 1.